The summed E-state index contributed by atoms with van der Waals surface area (Å²) in [5.74, 6) is 2.80. The largest absolute Gasteiger partial charge is 0.311 e. The number of benzene rings is 7. The maximum atomic E-state index is 2.52. The van der Waals surface area contributed by atoms with Gasteiger partial charge in [0, 0.05) is 45.0 Å². The fourth-order valence-corrected chi connectivity index (χ4v) is 13.7. The highest BCUT2D eigenvalue weighted by atomic mass is 15.1. The molecule has 0 radical (unpaired) electrons. The van der Waals surface area contributed by atoms with E-state index in [2.05, 4.69) is 212 Å². The molecule has 6 aliphatic carbocycles. The van der Waals surface area contributed by atoms with Crippen molar-refractivity contribution in [3.63, 3.8) is 0 Å². The molecule has 0 aromatic heterocycles. The molecule has 1 unspecified atom stereocenters. The first-order chi connectivity index (χ1) is 30.9. The first kappa shape index (κ1) is 38.5. The molecule has 0 heterocycles. The fraction of sp³-hybridized carbons (Fsp3) is 0.279. The normalized spacial score (nSPS) is 24.8. The molecule has 312 valence electrons. The van der Waals surface area contributed by atoms with Gasteiger partial charge in [-0.1, -0.05) is 129 Å². The molecule has 2 nitrogen and oxygen atoms in total. The second kappa shape index (κ2) is 15.0. The van der Waals surface area contributed by atoms with Gasteiger partial charge < -0.3 is 9.80 Å². The Morgan fingerprint density at radius 2 is 0.857 bits per heavy atom. The summed E-state index contributed by atoms with van der Waals surface area (Å²) >= 11 is 0. The molecular formula is C61H58N2. The summed E-state index contributed by atoms with van der Waals surface area (Å²) in [4.78, 5) is 4.88. The number of rotatable bonds is 9. The molecule has 4 saturated carbocycles. The molecule has 13 rings (SSSR count). The molecule has 0 N–H and O–H groups in total. The van der Waals surface area contributed by atoms with Gasteiger partial charge in [0.2, 0.25) is 0 Å². The van der Waals surface area contributed by atoms with Gasteiger partial charge in [-0.05, 0) is 193 Å². The molecule has 0 aliphatic heterocycles. The van der Waals surface area contributed by atoms with E-state index < -0.39 is 0 Å². The Bertz CT molecular complexity index is 2720. The van der Waals surface area contributed by atoms with Crippen molar-refractivity contribution in [2.75, 3.05) is 9.80 Å². The van der Waals surface area contributed by atoms with Crippen molar-refractivity contribution in [3.8, 4) is 11.1 Å². The van der Waals surface area contributed by atoms with Gasteiger partial charge in [0.25, 0.3) is 0 Å². The predicted molar refractivity (Wildman–Crippen MR) is 263 cm³/mol. The van der Waals surface area contributed by atoms with Crippen LogP contribution in [0.3, 0.4) is 0 Å². The first-order valence-electron chi connectivity index (χ1n) is 23.8. The van der Waals surface area contributed by atoms with Crippen molar-refractivity contribution in [2.45, 2.75) is 87.9 Å². The van der Waals surface area contributed by atoms with Crippen LogP contribution in [0, 0.1) is 17.8 Å². The van der Waals surface area contributed by atoms with Crippen LogP contribution in [-0.2, 0) is 16.2 Å². The summed E-state index contributed by atoms with van der Waals surface area (Å²) in [7, 11) is 0. The Hall–Kier alpha value is -6.12. The van der Waals surface area contributed by atoms with Crippen LogP contribution in [0.15, 0.2) is 188 Å². The minimum atomic E-state index is -0.107. The van der Waals surface area contributed by atoms with E-state index in [0.717, 1.165) is 48.4 Å². The molecule has 1 atom stereocenters. The van der Waals surface area contributed by atoms with E-state index >= 15 is 0 Å². The summed E-state index contributed by atoms with van der Waals surface area (Å²) in [6.45, 7) is 4.79. The van der Waals surface area contributed by atoms with Crippen molar-refractivity contribution in [3.05, 3.63) is 216 Å². The smallest absolute Gasteiger partial charge is 0.0465 e. The van der Waals surface area contributed by atoms with Crippen LogP contribution in [0.2, 0.25) is 0 Å². The number of nitrogens with zero attached hydrogens (tertiary/aromatic N) is 2. The number of fused-ring (bicyclic) bond motifs is 3. The third-order valence-corrected chi connectivity index (χ3v) is 16.4. The molecule has 2 heteroatoms. The zero-order valence-electron chi connectivity index (χ0n) is 36.9. The van der Waals surface area contributed by atoms with E-state index in [9.17, 15) is 0 Å². The minimum Gasteiger partial charge on any atom is -0.311 e. The van der Waals surface area contributed by atoms with Crippen molar-refractivity contribution in [1.29, 1.82) is 0 Å². The van der Waals surface area contributed by atoms with Gasteiger partial charge in [-0.3, -0.25) is 0 Å². The summed E-state index contributed by atoms with van der Waals surface area (Å²) in [5.41, 5.74) is 17.2. The lowest BCUT2D eigenvalue weighted by molar-refractivity contribution is -0.00518. The highest BCUT2D eigenvalue weighted by Crippen LogP contribution is 2.61. The van der Waals surface area contributed by atoms with Crippen molar-refractivity contribution >= 4 is 34.1 Å². The van der Waals surface area contributed by atoms with Crippen LogP contribution in [-0.4, -0.2) is 0 Å². The van der Waals surface area contributed by atoms with Crippen LogP contribution < -0.4 is 9.80 Å². The molecule has 63 heavy (non-hydrogen) atoms. The highest BCUT2D eigenvalue weighted by molar-refractivity contribution is 5.86. The van der Waals surface area contributed by atoms with Crippen molar-refractivity contribution in [1.82, 2.24) is 0 Å². The van der Waals surface area contributed by atoms with Crippen LogP contribution in [0.25, 0.3) is 11.1 Å². The minimum absolute atomic E-state index is 0.0739. The van der Waals surface area contributed by atoms with Gasteiger partial charge in [-0.25, -0.2) is 0 Å². The number of allylic oxidation sites excluding steroid dienone is 2. The molecule has 7 aromatic carbocycles. The molecule has 0 amide bonds. The summed E-state index contributed by atoms with van der Waals surface area (Å²) in [6.07, 6.45) is 16.5. The zero-order chi connectivity index (χ0) is 42.2. The zero-order valence-corrected chi connectivity index (χ0v) is 36.9. The lowest BCUT2D eigenvalue weighted by Gasteiger charge is -2.57. The topological polar surface area (TPSA) is 6.48 Å². The maximum absolute atomic E-state index is 2.52. The number of para-hydroxylation sites is 2. The van der Waals surface area contributed by atoms with Crippen LogP contribution >= 0.6 is 0 Å². The van der Waals surface area contributed by atoms with Crippen LogP contribution in [0.1, 0.15) is 99.5 Å². The Morgan fingerprint density at radius 3 is 1.38 bits per heavy atom. The summed E-state index contributed by atoms with van der Waals surface area (Å²) < 4.78 is 0. The highest BCUT2D eigenvalue weighted by Gasteiger charge is 2.51. The van der Waals surface area contributed by atoms with E-state index in [4.69, 9.17) is 0 Å². The molecule has 7 aromatic rings. The molecule has 0 spiro atoms. The van der Waals surface area contributed by atoms with Gasteiger partial charge >= 0.3 is 0 Å². The quantitative estimate of drug-likeness (QED) is 0.134. The van der Waals surface area contributed by atoms with E-state index in [1.807, 2.05) is 0 Å². The van der Waals surface area contributed by atoms with E-state index in [0.29, 0.717) is 5.41 Å². The second-order valence-electron chi connectivity index (χ2n) is 20.4. The average molecular weight is 819 g/mol. The van der Waals surface area contributed by atoms with E-state index in [-0.39, 0.29) is 10.8 Å². The molecule has 4 bridgehead atoms. The fourth-order valence-electron chi connectivity index (χ4n) is 13.7. The molecule has 6 aliphatic rings. The summed E-state index contributed by atoms with van der Waals surface area (Å²) in [6, 6.07) is 66.7. The lowest BCUT2D eigenvalue weighted by atomic mass is 9.48. The van der Waals surface area contributed by atoms with Gasteiger partial charge in [0.05, 0.1) is 0 Å². The van der Waals surface area contributed by atoms with Crippen molar-refractivity contribution in [2.24, 2.45) is 17.8 Å². The average Bonchev–Trinajstić information content (AvgIpc) is 3.55. The Morgan fingerprint density at radius 1 is 0.413 bits per heavy atom. The standard InChI is InChI=1S/C61H58N2/c1-59(2)57-19-11-10-18-55(57)56-33-32-54(39-58(56)59)63(52-26-20-46(21-27-52)60-40-43-36-44(41-60)38-45(37-43)42-60)53-30-24-48(25-31-53)61(34-12-5-13-35-61)47-22-28-51(29-23-47)62(49-14-6-3-7-15-49)50-16-8-4-9-17-50/h3-12,14-33,39,43-45H,13,34-38,40-42H2,1-2H3. The number of anilines is 6. The monoisotopic (exact) mass is 818 g/mol. The Balaban J connectivity index is 0.919. The molecule has 0 saturated heterocycles. The SMILES string of the molecule is CC1(C)c2ccccc2-c2ccc(N(c3ccc(C45CC6CC(CC(C6)C4)C5)cc3)c3ccc(C4(c5ccc(N(c6ccccc6)c6ccccc6)cc5)CC=CCC4)cc3)cc21. The maximum Gasteiger partial charge on any atom is 0.0465 e. The lowest BCUT2D eigenvalue weighted by Crippen LogP contribution is -2.48. The van der Waals surface area contributed by atoms with Gasteiger partial charge in [-0.15, -0.1) is 0 Å². The molecular weight excluding hydrogens is 761 g/mol. The third-order valence-electron chi connectivity index (χ3n) is 16.4. The first-order valence-corrected chi connectivity index (χ1v) is 23.8. The van der Waals surface area contributed by atoms with Gasteiger partial charge in [-0.2, -0.15) is 0 Å². The number of hydrogen-bond acceptors (Lipinski definition) is 2. The Labute approximate surface area is 375 Å². The van der Waals surface area contributed by atoms with E-state index in [1.54, 1.807) is 5.56 Å². The van der Waals surface area contributed by atoms with Crippen LogP contribution in [0.4, 0.5) is 34.1 Å². The predicted octanol–water partition coefficient (Wildman–Crippen LogP) is 16.4. The second-order valence-corrected chi connectivity index (χ2v) is 20.4. The third kappa shape index (κ3) is 6.43. The summed E-state index contributed by atoms with van der Waals surface area (Å²) in [5, 5.41) is 0. The van der Waals surface area contributed by atoms with Gasteiger partial charge in [0.15, 0.2) is 0 Å². The van der Waals surface area contributed by atoms with Crippen LogP contribution in [0.5, 0.6) is 0 Å². The van der Waals surface area contributed by atoms with Gasteiger partial charge in [0.1, 0.15) is 0 Å². The van der Waals surface area contributed by atoms with E-state index in [1.165, 1.54) is 94.7 Å². The molecule has 4 fully saturated rings. The Kier molecular flexibility index (Phi) is 9.19. The van der Waals surface area contributed by atoms with Crippen molar-refractivity contribution < 1.29 is 0 Å². The number of hydrogen-bond donors (Lipinski definition) is 0.